The van der Waals surface area contributed by atoms with Crippen molar-refractivity contribution in [3.63, 3.8) is 0 Å². The summed E-state index contributed by atoms with van der Waals surface area (Å²) in [6.45, 7) is 2.68. The number of aryl methyl sites for hydroxylation is 2. The molecule has 0 aliphatic carbocycles. The Hall–Kier alpha value is -3.08. The molecule has 2 heterocycles. The van der Waals surface area contributed by atoms with Crippen molar-refractivity contribution in [3.8, 4) is 17.0 Å². The second-order valence-electron chi connectivity index (χ2n) is 6.20. The minimum absolute atomic E-state index is 0.0176. The van der Waals surface area contributed by atoms with Gasteiger partial charge in [0.1, 0.15) is 16.6 Å². The molecule has 1 N–H and O–H groups in total. The third-order valence-corrected chi connectivity index (χ3v) is 4.63. The van der Waals surface area contributed by atoms with Crippen LogP contribution in [0.1, 0.15) is 13.3 Å². The van der Waals surface area contributed by atoms with Crippen molar-refractivity contribution in [1.82, 2.24) is 8.97 Å². The van der Waals surface area contributed by atoms with Gasteiger partial charge in [0.15, 0.2) is 0 Å². The van der Waals surface area contributed by atoms with E-state index in [1.807, 2.05) is 70.8 Å². The third kappa shape index (κ3) is 2.16. The predicted molar refractivity (Wildman–Crippen MR) is 97.7 cm³/mol. The van der Waals surface area contributed by atoms with Gasteiger partial charge in [-0.2, -0.15) is 8.97 Å². The van der Waals surface area contributed by atoms with Crippen LogP contribution in [0.15, 0.2) is 59.4 Å². The van der Waals surface area contributed by atoms with E-state index in [-0.39, 0.29) is 11.4 Å². The summed E-state index contributed by atoms with van der Waals surface area (Å²) < 4.78 is 5.48. The summed E-state index contributed by atoms with van der Waals surface area (Å²) in [5.74, 6) is 0.703. The first-order valence-corrected chi connectivity index (χ1v) is 8.45. The van der Waals surface area contributed by atoms with E-state index in [9.17, 15) is 9.90 Å². The zero-order chi connectivity index (χ0) is 17.6. The van der Waals surface area contributed by atoms with Crippen LogP contribution >= 0.6 is 0 Å². The molecule has 0 saturated carbocycles. The van der Waals surface area contributed by atoms with E-state index in [1.165, 1.54) is 0 Å². The zero-order valence-electron chi connectivity index (χ0n) is 14.3. The molecule has 0 spiro atoms. The predicted octanol–water partition coefficient (Wildman–Crippen LogP) is 2.86. The molecule has 25 heavy (non-hydrogen) atoms. The van der Waals surface area contributed by atoms with Gasteiger partial charge >= 0.3 is 11.3 Å². The molecule has 2 aromatic heterocycles. The lowest BCUT2D eigenvalue weighted by molar-refractivity contribution is -0.682. The van der Waals surface area contributed by atoms with Crippen LogP contribution in [0.5, 0.6) is 5.88 Å². The van der Waals surface area contributed by atoms with E-state index in [0.717, 1.165) is 23.0 Å². The third-order valence-electron chi connectivity index (χ3n) is 4.63. The first-order chi connectivity index (χ1) is 12.1. The molecule has 5 nitrogen and oxygen atoms in total. The molecular weight excluding hydrogens is 314 g/mol. The summed E-state index contributed by atoms with van der Waals surface area (Å²) >= 11 is 0. The molecule has 0 aliphatic rings. The largest absolute Gasteiger partial charge is 0.483 e. The minimum Gasteiger partial charge on any atom is -0.483 e. The highest BCUT2D eigenvalue weighted by molar-refractivity contribution is 5.81. The summed E-state index contributed by atoms with van der Waals surface area (Å²) in [6, 6.07) is 17.1. The van der Waals surface area contributed by atoms with Crippen molar-refractivity contribution < 1.29 is 9.67 Å². The first-order valence-electron chi connectivity index (χ1n) is 8.45. The number of aromatic hydroxyl groups is 1. The van der Waals surface area contributed by atoms with E-state index in [0.29, 0.717) is 17.9 Å². The van der Waals surface area contributed by atoms with E-state index in [2.05, 4.69) is 6.92 Å². The second kappa shape index (κ2) is 5.77. The number of hydrogen-bond acceptors (Lipinski definition) is 2. The number of fused-ring (bicyclic) bond motifs is 3. The summed E-state index contributed by atoms with van der Waals surface area (Å²) in [6.07, 6.45) is 0.849. The first kappa shape index (κ1) is 15.4. The number of benzene rings is 2. The fourth-order valence-corrected chi connectivity index (χ4v) is 3.53. The summed E-state index contributed by atoms with van der Waals surface area (Å²) in [4.78, 5) is 13.3. The smallest absolute Gasteiger partial charge is 0.375 e. The molecule has 4 rings (SSSR count). The van der Waals surface area contributed by atoms with Gasteiger partial charge in [-0.3, -0.25) is 0 Å². The lowest BCUT2D eigenvalue weighted by Gasteiger charge is -2.09. The Morgan fingerprint density at radius 1 is 1.00 bits per heavy atom. The van der Waals surface area contributed by atoms with Gasteiger partial charge in [0.05, 0.1) is 13.6 Å². The Kier molecular flexibility index (Phi) is 3.57. The van der Waals surface area contributed by atoms with Gasteiger partial charge in [-0.15, -0.1) is 0 Å². The SMILES string of the molecule is CCC[n+]1c(O)c(-c2ccccc2)c(=O)n2c3ccccc3n(C)c21. The molecule has 5 heteroatoms. The van der Waals surface area contributed by atoms with E-state index in [1.54, 1.807) is 4.40 Å². The molecule has 0 fully saturated rings. The fourth-order valence-electron chi connectivity index (χ4n) is 3.53. The zero-order valence-corrected chi connectivity index (χ0v) is 14.3. The van der Waals surface area contributed by atoms with E-state index < -0.39 is 0 Å². The Bertz CT molecular complexity index is 1140. The van der Waals surface area contributed by atoms with Crippen molar-refractivity contribution >= 4 is 16.8 Å². The maximum Gasteiger partial charge on any atom is 0.375 e. The van der Waals surface area contributed by atoms with Crippen LogP contribution in [0.25, 0.3) is 27.9 Å². The van der Waals surface area contributed by atoms with Gasteiger partial charge in [0, 0.05) is 0 Å². The molecule has 0 bridgehead atoms. The average Bonchev–Trinajstić information content (AvgIpc) is 2.93. The lowest BCUT2D eigenvalue weighted by atomic mass is 10.1. The van der Waals surface area contributed by atoms with Gasteiger partial charge in [0.25, 0.3) is 5.88 Å². The summed E-state index contributed by atoms with van der Waals surface area (Å²) in [5, 5.41) is 10.9. The average molecular weight is 334 g/mol. The molecule has 0 aliphatic heterocycles. The number of hydrogen-bond donors (Lipinski definition) is 1. The molecule has 0 unspecified atom stereocenters. The van der Waals surface area contributed by atoms with Crippen molar-refractivity contribution in [2.24, 2.45) is 7.05 Å². The summed E-state index contributed by atoms with van der Waals surface area (Å²) in [5.41, 5.74) is 2.64. The van der Waals surface area contributed by atoms with Gasteiger partial charge in [-0.05, 0) is 24.1 Å². The molecular formula is C20H20N3O2+. The number of rotatable bonds is 3. The highest BCUT2D eigenvalue weighted by Gasteiger charge is 2.28. The van der Waals surface area contributed by atoms with Gasteiger partial charge in [0.2, 0.25) is 0 Å². The Balaban J connectivity index is 2.26. The second-order valence-corrected chi connectivity index (χ2v) is 6.20. The van der Waals surface area contributed by atoms with Gasteiger partial charge in [-0.25, -0.2) is 9.36 Å². The molecule has 0 saturated heterocycles. The van der Waals surface area contributed by atoms with Crippen LogP contribution < -0.4 is 10.1 Å². The molecule has 0 radical (unpaired) electrons. The van der Waals surface area contributed by atoms with Crippen LogP contribution in [-0.4, -0.2) is 14.1 Å². The lowest BCUT2D eigenvalue weighted by Crippen LogP contribution is -2.41. The standard InChI is InChI=1S/C20H19N3O2/c1-3-13-22-18(24)17(14-9-5-4-6-10-14)19(25)23-16-12-8-7-11-15(16)21(2)20(22)23/h4-12H,3,13H2,1-2H3/p+1. The topological polar surface area (TPSA) is 50.5 Å². The molecule has 0 atom stereocenters. The van der Waals surface area contributed by atoms with Crippen LogP contribution in [0, 0.1) is 0 Å². The number of nitrogens with zero attached hydrogens (tertiary/aromatic N) is 3. The van der Waals surface area contributed by atoms with Gasteiger partial charge in [-0.1, -0.05) is 49.4 Å². The van der Waals surface area contributed by atoms with Crippen LogP contribution in [-0.2, 0) is 13.6 Å². The van der Waals surface area contributed by atoms with Crippen molar-refractivity contribution in [3.05, 3.63) is 65.0 Å². The Labute approximate surface area is 145 Å². The summed E-state index contributed by atoms with van der Waals surface area (Å²) in [7, 11) is 1.92. The number of imidazole rings is 1. The molecule has 126 valence electrons. The van der Waals surface area contributed by atoms with Crippen molar-refractivity contribution in [2.75, 3.05) is 0 Å². The maximum absolute atomic E-state index is 13.3. The quantitative estimate of drug-likeness (QED) is 0.586. The highest BCUT2D eigenvalue weighted by Crippen LogP contribution is 2.25. The van der Waals surface area contributed by atoms with Crippen LogP contribution in [0.2, 0.25) is 0 Å². The van der Waals surface area contributed by atoms with Crippen LogP contribution in [0.4, 0.5) is 0 Å². The Morgan fingerprint density at radius 2 is 1.64 bits per heavy atom. The highest BCUT2D eigenvalue weighted by atomic mass is 16.3. The van der Waals surface area contributed by atoms with Crippen LogP contribution in [0.3, 0.4) is 0 Å². The van der Waals surface area contributed by atoms with E-state index in [4.69, 9.17) is 0 Å². The fraction of sp³-hybridized carbons (Fsp3) is 0.200. The van der Waals surface area contributed by atoms with E-state index >= 15 is 0 Å². The van der Waals surface area contributed by atoms with Crippen molar-refractivity contribution in [1.29, 1.82) is 0 Å². The number of para-hydroxylation sites is 2. The normalized spacial score (nSPS) is 11.4. The molecule has 2 aromatic carbocycles. The molecule has 4 aromatic rings. The van der Waals surface area contributed by atoms with Gasteiger partial charge < -0.3 is 5.11 Å². The Morgan fingerprint density at radius 3 is 2.32 bits per heavy atom. The van der Waals surface area contributed by atoms with Crippen molar-refractivity contribution in [2.45, 2.75) is 19.9 Å². The number of aromatic nitrogens is 3. The maximum atomic E-state index is 13.3. The monoisotopic (exact) mass is 334 g/mol. The molecule has 0 amide bonds. The minimum atomic E-state index is -0.206.